The molecule has 2 amide bonds. The number of nitrogens with zero attached hydrogens (tertiary/aromatic N) is 2. The van der Waals surface area contributed by atoms with E-state index < -0.39 is 6.10 Å². The number of fused-ring (bicyclic) bond motifs is 4. The fourth-order valence-electron chi connectivity index (χ4n) is 4.44. The molecule has 1 saturated heterocycles. The van der Waals surface area contributed by atoms with E-state index in [0.29, 0.717) is 49.2 Å². The van der Waals surface area contributed by atoms with Crippen LogP contribution in [0.3, 0.4) is 0 Å². The topological polar surface area (TPSA) is 68.3 Å². The number of piperazine rings is 1. The maximum atomic E-state index is 13.2. The predicted octanol–water partition coefficient (Wildman–Crippen LogP) is 3.43. The van der Waals surface area contributed by atoms with E-state index in [0.717, 1.165) is 21.8 Å². The van der Waals surface area contributed by atoms with Crippen LogP contribution in [0.5, 0.6) is 17.2 Å². The van der Waals surface area contributed by atoms with Crippen LogP contribution in [0.25, 0.3) is 10.4 Å². The molecule has 168 valence electrons. The summed E-state index contributed by atoms with van der Waals surface area (Å²) >= 11 is 1.51. The molecule has 1 aromatic heterocycles. The van der Waals surface area contributed by atoms with E-state index in [1.165, 1.54) is 11.3 Å². The molecule has 3 aromatic rings. The van der Waals surface area contributed by atoms with Gasteiger partial charge < -0.3 is 24.0 Å². The van der Waals surface area contributed by atoms with Gasteiger partial charge in [0.2, 0.25) is 6.10 Å². The highest BCUT2D eigenvalue weighted by molar-refractivity contribution is 7.17. The van der Waals surface area contributed by atoms with Crippen molar-refractivity contribution in [2.75, 3.05) is 32.8 Å². The van der Waals surface area contributed by atoms with Crippen molar-refractivity contribution in [3.8, 4) is 27.7 Å². The lowest BCUT2D eigenvalue weighted by atomic mass is 10.1. The molecule has 0 bridgehead atoms. The zero-order valence-electron chi connectivity index (χ0n) is 17.9. The Bertz CT molecular complexity index is 1230. The van der Waals surface area contributed by atoms with Crippen LogP contribution in [0, 0.1) is 0 Å². The van der Waals surface area contributed by atoms with E-state index in [9.17, 15) is 9.59 Å². The Balaban J connectivity index is 1.10. The van der Waals surface area contributed by atoms with Crippen molar-refractivity contribution in [2.45, 2.75) is 12.7 Å². The van der Waals surface area contributed by atoms with E-state index in [1.54, 1.807) is 11.0 Å². The van der Waals surface area contributed by atoms with E-state index in [2.05, 4.69) is 0 Å². The molecular weight excluding hydrogens is 440 g/mol. The molecule has 0 saturated carbocycles. The summed E-state index contributed by atoms with van der Waals surface area (Å²) in [6, 6.07) is 17.2. The average molecular weight is 463 g/mol. The summed E-state index contributed by atoms with van der Waals surface area (Å²) in [5.41, 5.74) is 2.08. The monoisotopic (exact) mass is 462 g/mol. The number of carbonyl (C=O) groups excluding carboxylic acids is 2. The van der Waals surface area contributed by atoms with Gasteiger partial charge >= 0.3 is 0 Å². The fourth-order valence-corrected chi connectivity index (χ4v) is 5.60. The van der Waals surface area contributed by atoms with Gasteiger partial charge in [-0.1, -0.05) is 24.3 Å². The van der Waals surface area contributed by atoms with Gasteiger partial charge in [-0.15, -0.1) is 11.3 Å². The maximum Gasteiger partial charge on any atom is 0.267 e. The van der Waals surface area contributed by atoms with Crippen molar-refractivity contribution < 1.29 is 23.8 Å². The second kappa shape index (κ2) is 8.12. The summed E-state index contributed by atoms with van der Waals surface area (Å²) < 4.78 is 17.4. The zero-order chi connectivity index (χ0) is 22.4. The quantitative estimate of drug-likeness (QED) is 0.584. The molecule has 0 spiro atoms. The van der Waals surface area contributed by atoms with E-state index >= 15 is 0 Å². The molecular formula is C25H22N2O5S. The van der Waals surface area contributed by atoms with Gasteiger partial charge in [-0.05, 0) is 30.3 Å². The van der Waals surface area contributed by atoms with Gasteiger partial charge in [0.25, 0.3) is 11.8 Å². The first-order chi connectivity index (χ1) is 16.2. The number of amides is 2. The van der Waals surface area contributed by atoms with Crippen molar-refractivity contribution in [2.24, 2.45) is 0 Å². The summed E-state index contributed by atoms with van der Waals surface area (Å²) in [5.74, 6) is 2.00. The van der Waals surface area contributed by atoms with Gasteiger partial charge in [-0.25, -0.2) is 0 Å². The van der Waals surface area contributed by atoms with Crippen molar-refractivity contribution in [3.05, 3.63) is 65.0 Å². The van der Waals surface area contributed by atoms with E-state index in [4.69, 9.17) is 14.2 Å². The number of ether oxygens (including phenoxy) is 3. The molecule has 2 aromatic carbocycles. The fraction of sp³-hybridized carbons (Fsp3) is 0.280. The standard InChI is InChI=1S/C25H22N2O5S/c28-24(21-15-31-19-7-3-4-8-20(19)32-21)26-9-11-27(12-10-26)25(29)22-13-16-14-30-18-6-2-1-5-17(18)23(16)33-22/h1-8,13,21H,9-12,14-15H2. The molecule has 3 aliphatic rings. The third kappa shape index (κ3) is 3.60. The SMILES string of the molecule is O=C(c1cc2c(s1)-c1ccccc1OC2)N1CCN(C(=O)C2COc3ccccc3O2)CC1. The lowest BCUT2D eigenvalue weighted by Crippen LogP contribution is -2.55. The minimum Gasteiger partial charge on any atom is -0.488 e. The van der Waals surface area contributed by atoms with Gasteiger partial charge in [-0.2, -0.15) is 0 Å². The van der Waals surface area contributed by atoms with Crippen molar-refractivity contribution in [1.82, 2.24) is 9.80 Å². The number of para-hydroxylation sites is 3. The second-order valence-electron chi connectivity index (χ2n) is 8.23. The van der Waals surface area contributed by atoms with E-state index in [1.807, 2.05) is 53.4 Å². The summed E-state index contributed by atoms with van der Waals surface area (Å²) in [7, 11) is 0. The van der Waals surface area contributed by atoms with Crippen LogP contribution in [-0.2, 0) is 11.4 Å². The Labute approximate surface area is 195 Å². The molecule has 0 N–H and O–H groups in total. The summed E-state index contributed by atoms with van der Waals surface area (Å²) in [6.07, 6.45) is -0.661. The van der Waals surface area contributed by atoms with Crippen LogP contribution in [0.15, 0.2) is 54.6 Å². The number of hydrogen-bond acceptors (Lipinski definition) is 6. The second-order valence-corrected chi connectivity index (χ2v) is 9.28. The smallest absolute Gasteiger partial charge is 0.267 e. The van der Waals surface area contributed by atoms with Crippen LogP contribution in [0.2, 0.25) is 0 Å². The lowest BCUT2D eigenvalue weighted by Gasteiger charge is -2.37. The molecule has 7 nitrogen and oxygen atoms in total. The first-order valence-electron chi connectivity index (χ1n) is 11.0. The van der Waals surface area contributed by atoms with Crippen LogP contribution in [0.1, 0.15) is 15.2 Å². The highest BCUT2D eigenvalue weighted by Gasteiger charge is 2.34. The third-order valence-corrected chi connectivity index (χ3v) is 7.40. The molecule has 6 rings (SSSR count). The Morgan fingerprint density at radius 2 is 1.55 bits per heavy atom. The normalized spacial score (nSPS) is 18.7. The Morgan fingerprint density at radius 3 is 2.36 bits per heavy atom. The highest BCUT2D eigenvalue weighted by Crippen LogP contribution is 2.42. The maximum absolute atomic E-state index is 13.2. The molecule has 8 heteroatoms. The Morgan fingerprint density at radius 1 is 0.848 bits per heavy atom. The summed E-state index contributed by atoms with van der Waals surface area (Å²) in [5, 5.41) is 0. The van der Waals surface area contributed by atoms with Crippen LogP contribution in [-0.4, -0.2) is 60.5 Å². The Hall–Kier alpha value is -3.52. The minimum atomic E-state index is -0.661. The largest absolute Gasteiger partial charge is 0.488 e. The third-order valence-electron chi connectivity index (χ3n) is 6.20. The molecule has 3 aliphatic heterocycles. The minimum absolute atomic E-state index is 0.00478. The van der Waals surface area contributed by atoms with Crippen LogP contribution < -0.4 is 14.2 Å². The number of rotatable bonds is 2. The van der Waals surface area contributed by atoms with Gasteiger partial charge in [0, 0.05) is 42.2 Å². The Kier molecular flexibility index (Phi) is 4.95. The molecule has 4 heterocycles. The lowest BCUT2D eigenvalue weighted by molar-refractivity contribution is -0.142. The van der Waals surface area contributed by atoms with Gasteiger partial charge in [0.1, 0.15) is 19.0 Å². The summed E-state index contributed by atoms with van der Waals surface area (Å²) in [6.45, 7) is 2.60. The number of hydrogen-bond donors (Lipinski definition) is 0. The van der Waals surface area contributed by atoms with Crippen molar-refractivity contribution in [1.29, 1.82) is 0 Å². The average Bonchev–Trinajstić information content (AvgIpc) is 3.33. The molecule has 0 radical (unpaired) electrons. The van der Waals surface area contributed by atoms with Crippen molar-refractivity contribution in [3.63, 3.8) is 0 Å². The van der Waals surface area contributed by atoms with Gasteiger partial charge in [-0.3, -0.25) is 9.59 Å². The van der Waals surface area contributed by atoms with Crippen LogP contribution in [0.4, 0.5) is 0 Å². The molecule has 0 aliphatic carbocycles. The molecule has 33 heavy (non-hydrogen) atoms. The van der Waals surface area contributed by atoms with Crippen LogP contribution >= 0.6 is 11.3 Å². The summed E-state index contributed by atoms with van der Waals surface area (Å²) in [4.78, 5) is 31.5. The molecule has 1 fully saturated rings. The van der Waals surface area contributed by atoms with Crippen molar-refractivity contribution >= 4 is 23.2 Å². The molecule has 1 atom stereocenters. The van der Waals surface area contributed by atoms with Gasteiger partial charge in [0.05, 0.1) is 4.88 Å². The number of benzene rings is 2. The highest BCUT2D eigenvalue weighted by atomic mass is 32.1. The van der Waals surface area contributed by atoms with E-state index in [-0.39, 0.29) is 18.4 Å². The van der Waals surface area contributed by atoms with Gasteiger partial charge in [0.15, 0.2) is 11.5 Å². The molecule has 1 unspecified atom stereocenters. The number of carbonyl (C=O) groups is 2. The predicted molar refractivity (Wildman–Crippen MR) is 123 cm³/mol. The number of thiophene rings is 1. The first kappa shape index (κ1) is 20.1. The first-order valence-corrected chi connectivity index (χ1v) is 11.8. The zero-order valence-corrected chi connectivity index (χ0v) is 18.7.